The third-order valence-corrected chi connectivity index (χ3v) is 3.02. The van der Waals surface area contributed by atoms with E-state index in [0.29, 0.717) is 6.04 Å². The Kier molecular flexibility index (Phi) is 6.19. The van der Waals surface area contributed by atoms with Gasteiger partial charge in [-0.25, -0.2) is 0 Å². The van der Waals surface area contributed by atoms with Crippen LogP contribution in [-0.2, 0) is 0 Å². The molecule has 3 nitrogen and oxygen atoms in total. The predicted octanol–water partition coefficient (Wildman–Crippen LogP) is 2.66. The summed E-state index contributed by atoms with van der Waals surface area (Å²) in [6.07, 6.45) is 4.72. The molecule has 0 bridgehead atoms. The second-order valence-electron chi connectivity index (χ2n) is 3.98. The predicted molar refractivity (Wildman–Crippen MR) is 67.5 cm³/mol. The van der Waals surface area contributed by atoms with Crippen LogP contribution in [0.25, 0.3) is 0 Å². The molecule has 0 aromatic carbocycles. The number of furan rings is 1. The van der Waals surface area contributed by atoms with Crippen LogP contribution >= 0.6 is 0 Å². The molecule has 1 N–H and O–H groups in total. The highest BCUT2D eigenvalue weighted by atomic mass is 16.3. The number of nitrogens with zero attached hydrogens (tertiary/aromatic N) is 1. The fraction of sp³-hybridized carbons (Fsp3) is 0.692. The van der Waals surface area contributed by atoms with E-state index in [1.54, 1.807) is 6.26 Å². The standard InChI is InChI=1S/C13H24N2O/c1-4-14-13(12-8-10-16-11-12)7-9-15(5-2)6-3/h8,10-11,13-14H,4-7,9H2,1-3H3. The average Bonchev–Trinajstić information content (AvgIpc) is 2.82. The van der Waals surface area contributed by atoms with Gasteiger partial charge in [0.2, 0.25) is 0 Å². The van der Waals surface area contributed by atoms with Gasteiger partial charge in [0.25, 0.3) is 0 Å². The van der Waals surface area contributed by atoms with E-state index in [9.17, 15) is 0 Å². The van der Waals surface area contributed by atoms with Gasteiger partial charge in [-0.05, 0) is 38.7 Å². The molecule has 16 heavy (non-hydrogen) atoms. The van der Waals surface area contributed by atoms with Crippen molar-refractivity contribution in [3.63, 3.8) is 0 Å². The van der Waals surface area contributed by atoms with Crippen LogP contribution in [0, 0.1) is 0 Å². The molecule has 1 heterocycles. The van der Waals surface area contributed by atoms with E-state index in [0.717, 1.165) is 32.6 Å². The first-order valence-electron chi connectivity index (χ1n) is 6.29. The van der Waals surface area contributed by atoms with Gasteiger partial charge >= 0.3 is 0 Å². The van der Waals surface area contributed by atoms with Gasteiger partial charge in [-0.2, -0.15) is 0 Å². The number of rotatable bonds is 8. The topological polar surface area (TPSA) is 28.4 Å². The molecule has 1 unspecified atom stereocenters. The molecule has 1 aromatic rings. The fourth-order valence-electron chi connectivity index (χ4n) is 1.96. The maximum absolute atomic E-state index is 5.15. The van der Waals surface area contributed by atoms with Crippen LogP contribution in [0.4, 0.5) is 0 Å². The maximum atomic E-state index is 5.15. The summed E-state index contributed by atoms with van der Waals surface area (Å²) in [5.41, 5.74) is 1.26. The van der Waals surface area contributed by atoms with Crippen LogP contribution in [0.1, 0.15) is 38.8 Å². The van der Waals surface area contributed by atoms with Crippen LogP contribution in [0.15, 0.2) is 23.0 Å². The van der Waals surface area contributed by atoms with Crippen molar-refractivity contribution in [3.05, 3.63) is 24.2 Å². The van der Waals surface area contributed by atoms with Crippen molar-refractivity contribution < 1.29 is 4.42 Å². The van der Waals surface area contributed by atoms with Gasteiger partial charge in [-0.1, -0.05) is 20.8 Å². The minimum absolute atomic E-state index is 0.421. The lowest BCUT2D eigenvalue weighted by Crippen LogP contribution is -2.29. The van der Waals surface area contributed by atoms with E-state index in [4.69, 9.17) is 4.42 Å². The van der Waals surface area contributed by atoms with Gasteiger partial charge in [-0.3, -0.25) is 0 Å². The first-order valence-corrected chi connectivity index (χ1v) is 6.29. The normalized spacial score (nSPS) is 13.2. The maximum Gasteiger partial charge on any atom is 0.0950 e. The largest absolute Gasteiger partial charge is 0.472 e. The highest BCUT2D eigenvalue weighted by Gasteiger charge is 2.12. The second-order valence-corrected chi connectivity index (χ2v) is 3.98. The van der Waals surface area contributed by atoms with E-state index in [2.05, 4.69) is 37.1 Å². The lowest BCUT2D eigenvalue weighted by Gasteiger charge is -2.22. The van der Waals surface area contributed by atoms with Gasteiger partial charge in [0.15, 0.2) is 0 Å². The van der Waals surface area contributed by atoms with E-state index in [1.165, 1.54) is 5.56 Å². The number of hydrogen-bond donors (Lipinski definition) is 1. The summed E-state index contributed by atoms with van der Waals surface area (Å²) in [5.74, 6) is 0. The first kappa shape index (κ1) is 13.3. The molecule has 0 fully saturated rings. The van der Waals surface area contributed by atoms with E-state index >= 15 is 0 Å². The Labute approximate surface area is 98.8 Å². The monoisotopic (exact) mass is 224 g/mol. The SMILES string of the molecule is CCNC(CCN(CC)CC)c1ccoc1. The number of nitrogens with one attached hydrogen (secondary N) is 1. The minimum Gasteiger partial charge on any atom is -0.472 e. The van der Waals surface area contributed by atoms with Crippen molar-refractivity contribution in [2.24, 2.45) is 0 Å². The molecule has 0 radical (unpaired) electrons. The third kappa shape index (κ3) is 3.99. The van der Waals surface area contributed by atoms with Gasteiger partial charge < -0.3 is 14.6 Å². The Morgan fingerprint density at radius 1 is 1.31 bits per heavy atom. The Morgan fingerprint density at radius 3 is 2.56 bits per heavy atom. The molecule has 0 saturated heterocycles. The highest BCUT2D eigenvalue weighted by Crippen LogP contribution is 2.17. The Bertz CT molecular complexity index is 255. The Hall–Kier alpha value is -0.800. The van der Waals surface area contributed by atoms with Crippen LogP contribution < -0.4 is 5.32 Å². The van der Waals surface area contributed by atoms with E-state index in [1.807, 2.05) is 6.26 Å². The summed E-state index contributed by atoms with van der Waals surface area (Å²) < 4.78 is 5.15. The average molecular weight is 224 g/mol. The van der Waals surface area contributed by atoms with Crippen molar-refractivity contribution >= 4 is 0 Å². The molecule has 1 atom stereocenters. The molecule has 0 aliphatic carbocycles. The third-order valence-electron chi connectivity index (χ3n) is 3.02. The molecule has 92 valence electrons. The number of hydrogen-bond acceptors (Lipinski definition) is 3. The first-order chi connectivity index (χ1) is 7.81. The molecule has 0 aliphatic rings. The fourth-order valence-corrected chi connectivity index (χ4v) is 1.96. The summed E-state index contributed by atoms with van der Waals surface area (Å²) in [4.78, 5) is 2.45. The Balaban J connectivity index is 2.45. The van der Waals surface area contributed by atoms with Crippen molar-refractivity contribution in [3.8, 4) is 0 Å². The molecule has 3 heteroatoms. The summed E-state index contributed by atoms with van der Waals surface area (Å²) in [6.45, 7) is 10.9. The molecule has 0 spiro atoms. The molecular formula is C13H24N2O. The van der Waals surface area contributed by atoms with Crippen LogP contribution in [0.3, 0.4) is 0 Å². The quantitative estimate of drug-likeness (QED) is 0.736. The smallest absolute Gasteiger partial charge is 0.0950 e. The highest BCUT2D eigenvalue weighted by molar-refractivity contribution is 5.11. The van der Waals surface area contributed by atoms with Gasteiger partial charge in [0.1, 0.15) is 0 Å². The lowest BCUT2D eigenvalue weighted by atomic mass is 10.1. The van der Waals surface area contributed by atoms with Crippen LogP contribution in [-0.4, -0.2) is 31.1 Å². The molecule has 0 amide bonds. The summed E-state index contributed by atoms with van der Waals surface area (Å²) in [5, 5.41) is 3.50. The van der Waals surface area contributed by atoms with Crippen molar-refractivity contribution in [2.45, 2.75) is 33.2 Å². The van der Waals surface area contributed by atoms with E-state index < -0.39 is 0 Å². The second kappa shape index (κ2) is 7.47. The Morgan fingerprint density at radius 2 is 2.06 bits per heavy atom. The summed E-state index contributed by atoms with van der Waals surface area (Å²) in [7, 11) is 0. The summed E-state index contributed by atoms with van der Waals surface area (Å²) >= 11 is 0. The summed E-state index contributed by atoms with van der Waals surface area (Å²) in [6, 6.07) is 2.47. The van der Waals surface area contributed by atoms with Crippen LogP contribution in [0.5, 0.6) is 0 Å². The molecule has 1 rings (SSSR count). The van der Waals surface area contributed by atoms with Crippen LogP contribution in [0.2, 0.25) is 0 Å². The molecular weight excluding hydrogens is 200 g/mol. The van der Waals surface area contributed by atoms with Crippen molar-refractivity contribution in [2.75, 3.05) is 26.2 Å². The van der Waals surface area contributed by atoms with Gasteiger partial charge in [0.05, 0.1) is 12.5 Å². The zero-order chi connectivity index (χ0) is 11.8. The zero-order valence-electron chi connectivity index (χ0n) is 10.7. The van der Waals surface area contributed by atoms with Crippen molar-refractivity contribution in [1.29, 1.82) is 0 Å². The lowest BCUT2D eigenvalue weighted by molar-refractivity contribution is 0.282. The zero-order valence-corrected chi connectivity index (χ0v) is 10.7. The molecule has 1 aromatic heterocycles. The van der Waals surface area contributed by atoms with Crippen molar-refractivity contribution in [1.82, 2.24) is 10.2 Å². The van der Waals surface area contributed by atoms with Gasteiger partial charge in [-0.15, -0.1) is 0 Å². The molecule has 0 saturated carbocycles. The van der Waals surface area contributed by atoms with Gasteiger partial charge in [0, 0.05) is 11.6 Å². The molecule has 0 aliphatic heterocycles. The van der Waals surface area contributed by atoms with E-state index in [-0.39, 0.29) is 0 Å². The minimum atomic E-state index is 0.421.